The first kappa shape index (κ1) is 17.9. The van der Waals surface area contributed by atoms with E-state index in [4.69, 9.17) is 4.74 Å². The second kappa shape index (κ2) is 9.56. The molecule has 1 saturated heterocycles. The molecule has 1 amide bonds. The molecule has 0 spiro atoms. The third-order valence-electron chi connectivity index (χ3n) is 4.94. The Hall–Kier alpha value is -1.89. The zero-order chi connectivity index (χ0) is 17.3. The fraction of sp³-hybridized carbons (Fsp3) is 0.722. The van der Waals surface area contributed by atoms with Gasteiger partial charge in [-0.1, -0.05) is 19.3 Å². The van der Waals surface area contributed by atoms with Gasteiger partial charge in [0, 0.05) is 38.7 Å². The van der Waals surface area contributed by atoms with Crippen molar-refractivity contribution in [3.8, 4) is 0 Å². The lowest BCUT2D eigenvalue weighted by Gasteiger charge is -2.27. The van der Waals surface area contributed by atoms with Gasteiger partial charge in [0.2, 0.25) is 5.91 Å². The summed E-state index contributed by atoms with van der Waals surface area (Å²) < 4.78 is 5.37. The first-order chi connectivity index (χ1) is 12.3. The van der Waals surface area contributed by atoms with Crippen molar-refractivity contribution in [2.45, 2.75) is 38.5 Å². The number of morpholine rings is 1. The third kappa shape index (κ3) is 5.85. The molecule has 2 aliphatic rings. The van der Waals surface area contributed by atoms with E-state index in [0.29, 0.717) is 25.4 Å². The van der Waals surface area contributed by atoms with Crippen molar-refractivity contribution in [1.82, 2.24) is 15.3 Å². The van der Waals surface area contributed by atoms with Gasteiger partial charge in [0.1, 0.15) is 18.0 Å². The minimum Gasteiger partial charge on any atom is -0.378 e. The molecule has 7 nitrogen and oxygen atoms in total. The van der Waals surface area contributed by atoms with Gasteiger partial charge in [-0.25, -0.2) is 9.97 Å². The molecule has 3 rings (SSSR count). The molecule has 0 aromatic carbocycles. The van der Waals surface area contributed by atoms with E-state index in [0.717, 1.165) is 37.9 Å². The molecule has 1 aromatic heterocycles. The molecule has 0 unspecified atom stereocenters. The van der Waals surface area contributed by atoms with Crippen LogP contribution in [0.1, 0.15) is 38.5 Å². The second-order valence-electron chi connectivity index (χ2n) is 6.85. The lowest BCUT2D eigenvalue weighted by molar-refractivity contribution is -0.122. The third-order valence-corrected chi connectivity index (χ3v) is 4.94. The Bertz CT molecular complexity index is 542. The van der Waals surface area contributed by atoms with Crippen LogP contribution >= 0.6 is 0 Å². The van der Waals surface area contributed by atoms with Crippen molar-refractivity contribution >= 4 is 17.5 Å². The molecule has 1 aromatic rings. The van der Waals surface area contributed by atoms with Crippen LogP contribution < -0.4 is 15.5 Å². The number of amides is 1. The highest BCUT2D eigenvalue weighted by atomic mass is 16.5. The Morgan fingerprint density at radius 1 is 1.16 bits per heavy atom. The number of rotatable bonds is 7. The summed E-state index contributed by atoms with van der Waals surface area (Å²) in [5.74, 6) is 2.46. The highest BCUT2D eigenvalue weighted by Crippen LogP contribution is 2.26. The van der Waals surface area contributed by atoms with Crippen LogP contribution in [0.5, 0.6) is 0 Å². The van der Waals surface area contributed by atoms with Crippen molar-refractivity contribution in [3.05, 3.63) is 12.4 Å². The van der Waals surface area contributed by atoms with Gasteiger partial charge in [-0.15, -0.1) is 0 Å². The molecule has 0 radical (unpaired) electrons. The summed E-state index contributed by atoms with van der Waals surface area (Å²) in [6.45, 7) is 4.46. The molecule has 2 N–H and O–H groups in total. The Morgan fingerprint density at radius 3 is 2.76 bits per heavy atom. The summed E-state index contributed by atoms with van der Waals surface area (Å²) in [5, 5.41) is 6.27. The van der Waals surface area contributed by atoms with Crippen LogP contribution in [0.25, 0.3) is 0 Å². The van der Waals surface area contributed by atoms with Gasteiger partial charge in [-0.2, -0.15) is 0 Å². The predicted molar refractivity (Wildman–Crippen MR) is 97.8 cm³/mol. The zero-order valence-corrected chi connectivity index (χ0v) is 14.9. The lowest BCUT2D eigenvalue weighted by Crippen LogP contribution is -2.36. The molecular formula is C18H29N5O2. The number of hydrogen-bond donors (Lipinski definition) is 2. The van der Waals surface area contributed by atoms with E-state index < -0.39 is 0 Å². The van der Waals surface area contributed by atoms with Crippen LogP contribution in [0.4, 0.5) is 11.6 Å². The zero-order valence-electron chi connectivity index (χ0n) is 14.9. The number of carbonyl (C=O) groups is 1. The average Bonchev–Trinajstić information content (AvgIpc) is 2.67. The van der Waals surface area contributed by atoms with Gasteiger partial charge in [-0.05, 0) is 18.8 Å². The molecule has 1 aliphatic carbocycles. The van der Waals surface area contributed by atoms with Crippen LogP contribution in [0.3, 0.4) is 0 Å². The van der Waals surface area contributed by atoms with Gasteiger partial charge in [0.05, 0.1) is 13.2 Å². The first-order valence-corrected chi connectivity index (χ1v) is 9.46. The first-order valence-electron chi connectivity index (χ1n) is 9.46. The quantitative estimate of drug-likeness (QED) is 0.733. The highest BCUT2D eigenvalue weighted by molar-refractivity contribution is 5.76. The fourth-order valence-corrected chi connectivity index (χ4v) is 3.53. The Kier molecular flexibility index (Phi) is 6.85. The fourth-order valence-electron chi connectivity index (χ4n) is 3.53. The number of anilines is 2. The van der Waals surface area contributed by atoms with Crippen LogP contribution in [-0.4, -0.2) is 55.3 Å². The lowest BCUT2D eigenvalue weighted by atomic mass is 9.87. The highest BCUT2D eigenvalue weighted by Gasteiger charge is 2.16. The van der Waals surface area contributed by atoms with E-state index in [2.05, 4.69) is 25.5 Å². The maximum atomic E-state index is 12.0. The number of ether oxygens (including phenoxy) is 1. The van der Waals surface area contributed by atoms with Gasteiger partial charge in [-0.3, -0.25) is 4.79 Å². The van der Waals surface area contributed by atoms with E-state index >= 15 is 0 Å². The van der Waals surface area contributed by atoms with Gasteiger partial charge in [0.15, 0.2) is 0 Å². The maximum absolute atomic E-state index is 12.0. The van der Waals surface area contributed by atoms with E-state index in [-0.39, 0.29) is 5.91 Å². The minimum absolute atomic E-state index is 0.172. The summed E-state index contributed by atoms with van der Waals surface area (Å²) in [6.07, 6.45) is 8.54. The molecule has 1 saturated carbocycles. The van der Waals surface area contributed by atoms with Crippen LogP contribution in [0.15, 0.2) is 12.4 Å². The smallest absolute Gasteiger partial charge is 0.220 e. The standard InChI is InChI=1S/C18H29N5O2/c24-18(12-15-4-2-1-3-5-15)20-7-6-19-16-13-17(22-14-21-16)23-8-10-25-11-9-23/h13-15H,1-12H2,(H,20,24)(H,19,21,22). The number of carbonyl (C=O) groups excluding carboxylic acids is 1. The molecule has 0 bridgehead atoms. The van der Waals surface area contributed by atoms with Crippen molar-refractivity contribution in [2.24, 2.45) is 5.92 Å². The molecular weight excluding hydrogens is 318 g/mol. The minimum atomic E-state index is 0.172. The molecule has 2 fully saturated rings. The summed E-state index contributed by atoms with van der Waals surface area (Å²) in [4.78, 5) is 22.8. The number of hydrogen-bond acceptors (Lipinski definition) is 6. The van der Waals surface area contributed by atoms with Crippen LogP contribution in [0.2, 0.25) is 0 Å². The predicted octanol–water partition coefficient (Wildman–Crippen LogP) is 1.81. The van der Waals surface area contributed by atoms with Gasteiger partial charge < -0.3 is 20.3 Å². The Balaban J connectivity index is 1.36. The molecule has 25 heavy (non-hydrogen) atoms. The summed E-state index contributed by atoms with van der Waals surface area (Å²) in [7, 11) is 0. The van der Waals surface area contributed by atoms with Gasteiger partial charge >= 0.3 is 0 Å². The summed E-state index contributed by atoms with van der Waals surface area (Å²) in [5.41, 5.74) is 0. The average molecular weight is 347 g/mol. The van der Waals surface area contributed by atoms with Crippen molar-refractivity contribution in [1.29, 1.82) is 0 Å². The Morgan fingerprint density at radius 2 is 1.96 bits per heavy atom. The number of nitrogens with zero attached hydrogens (tertiary/aromatic N) is 3. The van der Waals surface area contributed by atoms with E-state index in [1.807, 2.05) is 6.07 Å². The van der Waals surface area contributed by atoms with Gasteiger partial charge in [0.25, 0.3) is 0 Å². The number of aromatic nitrogens is 2. The van der Waals surface area contributed by atoms with Crippen molar-refractivity contribution < 1.29 is 9.53 Å². The van der Waals surface area contributed by atoms with Crippen molar-refractivity contribution in [3.63, 3.8) is 0 Å². The van der Waals surface area contributed by atoms with E-state index in [1.54, 1.807) is 6.33 Å². The van der Waals surface area contributed by atoms with E-state index in [1.165, 1.54) is 32.1 Å². The molecule has 138 valence electrons. The molecule has 1 aliphatic heterocycles. The summed E-state index contributed by atoms with van der Waals surface area (Å²) in [6, 6.07) is 1.95. The SMILES string of the molecule is O=C(CC1CCCCC1)NCCNc1cc(N2CCOCC2)ncn1. The molecule has 7 heteroatoms. The molecule has 0 atom stereocenters. The normalized spacial score (nSPS) is 18.8. The summed E-state index contributed by atoms with van der Waals surface area (Å²) >= 11 is 0. The van der Waals surface area contributed by atoms with Crippen molar-refractivity contribution in [2.75, 3.05) is 49.6 Å². The Labute approximate surface area is 149 Å². The van der Waals surface area contributed by atoms with Crippen LogP contribution in [0, 0.1) is 5.92 Å². The van der Waals surface area contributed by atoms with Crippen LogP contribution in [-0.2, 0) is 9.53 Å². The van der Waals surface area contributed by atoms with E-state index in [9.17, 15) is 4.79 Å². The number of nitrogens with one attached hydrogen (secondary N) is 2. The largest absolute Gasteiger partial charge is 0.378 e. The monoisotopic (exact) mass is 347 g/mol. The maximum Gasteiger partial charge on any atom is 0.220 e. The topological polar surface area (TPSA) is 79.4 Å². The molecule has 2 heterocycles. The second-order valence-corrected chi connectivity index (χ2v) is 6.85.